The van der Waals surface area contributed by atoms with Gasteiger partial charge in [0, 0.05) is 46.8 Å². The number of hydrogen-bond acceptors (Lipinski definition) is 4. The van der Waals surface area contributed by atoms with E-state index >= 15 is 0 Å². The Kier molecular flexibility index (Phi) is 4.44. The highest BCUT2D eigenvalue weighted by molar-refractivity contribution is 7.86. The maximum absolute atomic E-state index is 12.6. The molecule has 2 aliphatic heterocycles. The van der Waals surface area contributed by atoms with Crippen LogP contribution in [0, 0.1) is 0 Å². The zero-order chi connectivity index (χ0) is 14.0. The third-order valence-electron chi connectivity index (χ3n) is 3.63. The summed E-state index contributed by atoms with van der Waals surface area (Å²) in [5, 5.41) is 3.13. The van der Waals surface area contributed by atoms with E-state index in [0.29, 0.717) is 39.1 Å². The number of carbonyl (C=O) groups is 1. The van der Waals surface area contributed by atoms with E-state index < -0.39 is 16.3 Å². The summed E-state index contributed by atoms with van der Waals surface area (Å²) in [6.07, 6.45) is 1.36. The summed E-state index contributed by atoms with van der Waals surface area (Å²) in [7, 11) is -0.184. The Labute approximate surface area is 114 Å². The van der Waals surface area contributed by atoms with E-state index in [2.05, 4.69) is 5.32 Å². The highest BCUT2D eigenvalue weighted by Crippen LogP contribution is 2.24. The normalized spacial score (nSPS) is 26.5. The van der Waals surface area contributed by atoms with Gasteiger partial charge in [0.25, 0.3) is 10.2 Å². The average molecular weight is 290 g/mol. The first kappa shape index (κ1) is 14.7. The molecule has 19 heavy (non-hydrogen) atoms. The first-order valence-electron chi connectivity index (χ1n) is 6.63. The van der Waals surface area contributed by atoms with Crippen LogP contribution in [0.2, 0.25) is 0 Å². The van der Waals surface area contributed by atoms with Gasteiger partial charge < -0.3 is 10.2 Å². The van der Waals surface area contributed by atoms with Gasteiger partial charge in [-0.1, -0.05) is 0 Å². The summed E-state index contributed by atoms with van der Waals surface area (Å²) in [4.78, 5) is 13.5. The Balaban J connectivity index is 2.16. The van der Waals surface area contributed by atoms with E-state index in [1.807, 2.05) is 0 Å². The topological polar surface area (TPSA) is 73.0 Å². The van der Waals surface area contributed by atoms with Crippen molar-refractivity contribution in [1.29, 1.82) is 0 Å². The fraction of sp³-hybridized carbons (Fsp3) is 0.909. The quantitative estimate of drug-likeness (QED) is 0.700. The summed E-state index contributed by atoms with van der Waals surface area (Å²) in [6.45, 7) is 2.72. The lowest BCUT2D eigenvalue weighted by Gasteiger charge is -2.33. The molecular formula is C11H22N4O3S. The van der Waals surface area contributed by atoms with Gasteiger partial charge >= 0.3 is 0 Å². The van der Waals surface area contributed by atoms with Gasteiger partial charge in [0.1, 0.15) is 6.04 Å². The molecule has 0 radical (unpaired) electrons. The second kappa shape index (κ2) is 5.74. The Hall–Kier alpha value is -0.700. The Morgan fingerprint density at radius 3 is 2.42 bits per heavy atom. The van der Waals surface area contributed by atoms with Crippen LogP contribution in [-0.2, 0) is 15.0 Å². The predicted octanol–water partition coefficient (Wildman–Crippen LogP) is -1.31. The second-order valence-electron chi connectivity index (χ2n) is 5.16. The molecule has 1 amide bonds. The number of hydrogen-bond donors (Lipinski definition) is 1. The molecule has 2 rings (SSSR count). The fourth-order valence-electron chi connectivity index (χ4n) is 2.58. The van der Waals surface area contributed by atoms with Gasteiger partial charge in [0.2, 0.25) is 5.91 Å². The van der Waals surface area contributed by atoms with Crippen LogP contribution in [-0.4, -0.2) is 80.7 Å². The SMILES string of the molecule is CN(C)C(=O)C1CCCN1S(=O)(=O)N1CCNCC1. The molecule has 0 aromatic heterocycles. The van der Waals surface area contributed by atoms with E-state index in [0.717, 1.165) is 6.42 Å². The van der Waals surface area contributed by atoms with Crippen molar-refractivity contribution in [3.8, 4) is 0 Å². The van der Waals surface area contributed by atoms with Crippen LogP contribution in [0.4, 0.5) is 0 Å². The van der Waals surface area contributed by atoms with Gasteiger partial charge in [-0.25, -0.2) is 0 Å². The first-order chi connectivity index (χ1) is 8.94. The van der Waals surface area contributed by atoms with Crippen LogP contribution in [0.5, 0.6) is 0 Å². The number of piperazine rings is 1. The van der Waals surface area contributed by atoms with E-state index in [4.69, 9.17) is 0 Å². The lowest BCUT2D eigenvalue weighted by molar-refractivity contribution is -0.132. The number of nitrogens with one attached hydrogen (secondary N) is 1. The van der Waals surface area contributed by atoms with Gasteiger partial charge in [-0.15, -0.1) is 0 Å². The highest BCUT2D eigenvalue weighted by Gasteiger charge is 2.42. The third-order valence-corrected chi connectivity index (χ3v) is 5.68. The summed E-state index contributed by atoms with van der Waals surface area (Å²) in [5.74, 6) is -0.129. The number of rotatable bonds is 3. The van der Waals surface area contributed by atoms with Crippen LogP contribution in [0.15, 0.2) is 0 Å². The average Bonchev–Trinajstić information content (AvgIpc) is 2.88. The van der Waals surface area contributed by atoms with Crippen molar-refractivity contribution < 1.29 is 13.2 Å². The van der Waals surface area contributed by atoms with Gasteiger partial charge in [0.15, 0.2) is 0 Å². The molecule has 110 valence electrons. The molecule has 1 atom stereocenters. The van der Waals surface area contributed by atoms with Gasteiger partial charge in [0.05, 0.1) is 0 Å². The lowest BCUT2D eigenvalue weighted by atomic mass is 10.2. The van der Waals surface area contributed by atoms with E-state index in [-0.39, 0.29) is 5.91 Å². The molecular weight excluding hydrogens is 268 g/mol. The lowest BCUT2D eigenvalue weighted by Crippen LogP contribution is -2.55. The first-order valence-corrected chi connectivity index (χ1v) is 8.03. The van der Waals surface area contributed by atoms with E-state index in [1.54, 1.807) is 14.1 Å². The van der Waals surface area contributed by atoms with E-state index in [1.165, 1.54) is 13.5 Å². The van der Waals surface area contributed by atoms with Crippen molar-refractivity contribution >= 4 is 16.1 Å². The standard InChI is InChI=1S/C11H22N4O3S/c1-13(2)11(16)10-4-3-7-15(10)19(17,18)14-8-5-12-6-9-14/h10,12H,3-9H2,1-2H3. The minimum Gasteiger partial charge on any atom is -0.347 e. The summed E-state index contributed by atoms with van der Waals surface area (Å²) in [6, 6.07) is -0.533. The zero-order valence-electron chi connectivity index (χ0n) is 11.5. The summed E-state index contributed by atoms with van der Waals surface area (Å²) in [5.41, 5.74) is 0. The van der Waals surface area contributed by atoms with E-state index in [9.17, 15) is 13.2 Å². The van der Waals surface area contributed by atoms with Gasteiger partial charge in [-0.3, -0.25) is 4.79 Å². The third kappa shape index (κ3) is 2.91. The van der Waals surface area contributed by atoms with Crippen molar-refractivity contribution in [2.75, 3.05) is 46.8 Å². The number of amides is 1. The molecule has 0 bridgehead atoms. The maximum Gasteiger partial charge on any atom is 0.282 e. The van der Waals surface area contributed by atoms with Crippen LogP contribution < -0.4 is 5.32 Å². The number of carbonyl (C=O) groups excluding carboxylic acids is 1. The Bertz CT molecular complexity index is 431. The fourth-order valence-corrected chi connectivity index (χ4v) is 4.40. The molecule has 2 aliphatic rings. The summed E-state index contributed by atoms with van der Waals surface area (Å²) >= 11 is 0. The molecule has 2 fully saturated rings. The van der Waals surface area contributed by atoms with Gasteiger partial charge in [-0.2, -0.15) is 17.0 Å². The maximum atomic E-state index is 12.6. The van der Waals surface area contributed by atoms with Crippen molar-refractivity contribution in [3.63, 3.8) is 0 Å². The molecule has 1 unspecified atom stereocenters. The van der Waals surface area contributed by atoms with Gasteiger partial charge in [-0.05, 0) is 12.8 Å². The number of likely N-dealkylation sites (N-methyl/N-ethyl adjacent to an activating group) is 1. The van der Waals surface area contributed by atoms with Crippen molar-refractivity contribution in [2.45, 2.75) is 18.9 Å². The number of nitrogens with zero attached hydrogens (tertiary/aromatic N) is 3. The van der Waals surface area contributed by atoms with Crippen LogP contribution in [0.3, 0.4) is 0 Å². The molecule has 0 saturated carbocycles. The van der Waals surface area contributed by atoms with Crippen molar-refractivity contribution in [1.82, 2.24) is 18.8 Å². The molecule has 0 aromatic carbocycles. The minimum atomic E-state index is -3.51. The molecule has 1 N–H and O–H groups in total. The molecule has 7 nitrogen and oxygen atoms in total. The molecule has 2 heterocycles. The molecule has 2 saturated heterocycles. The monoisotopic (exact) mass is 290 g/mol. The molecule has 0 spiro atoms. The van der Waals surface area contributed by atoms with Crippen molar-refractivity contribution in [2.24, 2.45) is 0 Å². The zero-order valence-corrected chi connectivity index (χ0v) is 12.3. The molecule has 0 aliphatic carbocycles. The van der Waals surface area contributed by atoms with Crippen LogP contribution in [0.25, 0.3) is 0 Å². The Morgan fingerprint density at radius 1 is 1.21 bits per heavy atom. The summed E-state index contributed by atoms with van der Waals surface area (Å²) < 4.78 is 28.0. The highest BCUT2D eigenvalue weighted by atomic mass is 32.2. The molecule has 8 heteroatoms. The smallest absolute Gasteiger partial charge is 0.282 e. The predicted molar refractivity (Wildman–Crippen MR) is 71.8 cm³/mol. The van der Waals surface area contributed by atoms with Crippen molar-refractivity contribution in [3.05, 3.63) is 0 Å². The minimum absolute atomic E-state index is 0.129. The Morgan fingerprint density at radius 2 is 1.84 bits per heavy atom. The van der Waals surface area contributed by atoms with Crippen LogP contribution in [0.1, 0.15) is 12.8 Å². The van der Waals surface area contributed by atoms with Crippen LogP contribution >= 0.6 is 0 Å². The molecule has 0 aromatic rings. The largest absolute Gasteiger partial charge is 0.347 e. The second-order valence-corrected chi connectivity index (χ2v) is 7.04.